The summed E-state index contributed by atoms with van der Waals surface area (Å²) in [6.45, 7) is 17.8. The van der Waals surface area contributed by atoms with Crippen LogP contribution in [-0.4, -0.2) is 18.3 Å². The highest BCUT2D eigenvalue weighted by atomic mass is 31.2. The van der Waals surface area contributed by atoms with Gasteiger partial charge >= 0.3 is 7.82 Å². The Morgan fingerprint density at radius 3 is 0.900 bits per heavy atom. The number of hydrogen-bond donors (Lipinski definition) is 0. The van der Waals surface area contributed by atoms with Crippen molar-refractivity contribution in [3.63, 3.8) is 0 Å². The van der Waals surface area contributed by atoms with Crippen LogP contribution >= 0.6 is 7.82 Å². The second-order valence-corrected chi connectivity index (χ2v) is 8.14. The van der Waals surface area contributed by atoms with Crippen molar-refractivity contribution in [3.05, 3.63) is 0 Å². The van der Waals surface area contributed by atoms with Crippen molar-refractivity contribution in [3.8, 4) is 0 Å². The van der Waals surface area contributed by atoms with E-state index in [4.69, 9.17) is 13.6 Å². The molecule has 122 valence electrons. The fourth-order valence-electron chi connectivity index (χ4n) is 1.05. The molecular formula is C15H33O4P. The molecule has 3 atom stereocenters. The summed E-state index contributed by atoms with van der Waals surface area (Å²) in [6.07, 6.45) is -0.543. The van der Waals surface area contributed by atoms with Crippen molar-refractivity contribution in [2.45, 2.75) is 80.6 Å². The van der Waals surface area contributed by atoms with Crippen LogP contribution in [0.1, 0.15) is 62.3 Å². The molecule has 0 aromatic heterocycles. The molecule has 0 spiro atoms. The predicted molar refractivity (Wildman–Crippen MR) is 83.8 cm³/mol. The van der Waals surface area contributed by atoms with Gasteiger partial charge in [0.2, 0.25) is 0 Å². The molecule has 4 nitrogen and oxygen atoms in total. The smallest absolute Gasteiger partial charge is 0.284 e. The van der Waals surface area contributed by atoms with Crippen LogP contribution in [0.25, 0.3) is 0 Å². The highest BCUT2D eigenvalue weighted by molar-refractivity contribution is 7.48. The summed E-state index contributed by atoms with van der Waals surface area (Å²) >= 11 is 0. The molecule has 0 rings (SSSR count). The van der Waals surface area contributed by atoms with Gasteiger partial charge in [0.25, 0.3) is 0 Å². The maximum Gasteiger partial charge on any atom is 0.475 e. The molecule has 0 heterocycles. The second kappa shape index (κ2) is 8.53. The maximum absolute atomic E-state index is 12.9. The predicted octanol–water partition coefficient (Wildman–Crippen LogP) is 5.28. The van der Waals surface area contributed by atoms with Gasteiger partial charge in [-0.1, -0.05) is 41.5 Å². The average molecular weight is 308 g/mol. The molecule has 5 heteroatoms. The Kier molecular flexibility index (Phi) is 8.57. The van der Waals surface area contributed by atoms with Crippen LogP contribution in [0, 0.1) is 17.8 Å². The summed E-state index contributed by atoms with van der Waals surface area (Å²) in [5.74, 6) is 0.748. The van der Waals surface area contributed by atoms with Crippen LogP contribution in [0.2, 0.25) is 0 Å². The second-order valence-electron chi connectivity index (χ2n) is 6.61. The maximum atomic E-state index is 12.9. The van der Waals surface area contributed by atoms with Crippen LogP contribution in [0.4, 0.5) is 0 Å². The number of phosphoric acid groups is 1. The number of phosphoric ester groups is 1. The minimum Gasteiger partial charge on any atom is -0.284 e. The van der Waals surface area contributed by atoms with E-state index in [1.165, 1.54) is 0 Å². The molecule has 0 aromatic rings. The topological polar surface area (TPSA) is 44.8 Å². The van der Waals surface area contributed by atoms with Gasteiger partial charge in [0.05, 0.1) is 18.3 Å². The average Bonchev–Trinajstić information content (AvgIpc) is 2.27. The summed E-state index contributed by atoms with van der Waals surface area (Å²) in [4.78, 5) is 0. The Hall–Kier alpha value is 0.110. The number of hydrogen-bond acceptors (Lipinski definition) is 4. The van der Waals surface area contributed by atoms with E-state index >= 15 is 0 Å². The van der Waals surface area contributed by atoms with Gasteiger partial charge in [-0.15, -0.1) is 0 Å². The first-order chi connectivity index (χ1) is 8.98. The van der Waals surface area contributed by atoms with E-state index in [0.717, 1.165) is 0 Å². The summed E-state index contributed by atoms with van der Waals surface area (Å²) in [5.41, 5.74) is 0. The van der Waals surface area contributed by atoms with E-state index in [1.54, 1.807) is 0 Å². The van der Waals surface area contributed by atoms with E-state index in [2.05, 4.69) is 0 Å². The van der Waals surface area contributed by atoms with E-state index in [9.17, 15) is 4.57 Å². The molecule has 0 saturated heterocycles. The van der Waals surface area contributed by atoms with Crippen molar-refractivity contribution in [1.82, 2.24) is 0 Å². The van der Waals surface area contributed by atoms with Crippen LogP contribution in [-0.2, 0) is 18.1 Å². The molecule has 0 aliphatic heterocycles. The Balaban J connectivity index is 4.97. The third-order valence-electron chi connectivity index (χ3n) is 3.70. The zero-order chi connectivity index (χ0) is 16.1. The van der Waals surface area contributed by atoms with Crippen LogP contribution in [0.5, 0.6) is 0 Å². The largest absolute Gasteiger partial charge is 0.475 e. The molecule has 0 aliphatic carbocycles. The third-order valence-corrected chi connectivity index (χ3v) is 5.47. The minimum atomic E-state index is -3.55. The van der Waals surface area contributed by atoms with Crippen LogP contribution in [0.3, 0.4) is 0 Å². The lowest BCUT2D eigenvalue weighted by molar-refractivity contribution is 0.0127. The van der Waals surface area contributed by atoms with Crippen molar-refractivity contribution < 1.29 is 18.1 Å². The van der Waals surface area contributed by atoms with Gasteiger partial charge in [0.15, 0.2) is 0 Å². The molecular weight excluding hydrogens is 275 g/mol. The minimum absolute atomic E-state index is 0.181. The van der Waals surface area contributed by atoms with Gasteiger partial charge in [-0.3, -0.25) is 13.6 Å². The first-order valence-corrected chi connectivity index (χ1v) is 9.09. The van der Waals surface area contributed by atoms with E-state index < -0.39 is 7.82 Å². The summed E-state index contributed by atoms with van der Waals surface area (Å²) in [5, 5.41) is 0. The lowest BCUT2D eigenvalue weighted by Gasteiger charge is -2.30. The number of rotatable bonds is 9. The Labute approximate surface area is 125 Å². The highest BCUT2D eigenvalue weighted by Gasteiger charge is 2.35. The van der Waals surface area contributed by atoms with Gasteiger partial charge in [-0.25, -0.2) is 4.57 Å². The van der Waals surface area contributed by atoms with Crippen molar-refractivity contribution >= 4 is 7.82 Å². The molecule has 0 N–H and O–H groups in total. The summed E-state index contributed by atoms with van der Waals surface area (Å²) < 4.78 is 29.8. The molecule has 0 radical (unpaired) electrons. The first kappa shape index (κ1) is 20.1. The third kappa shape index (κ3) is 7.21. The Morgan fingerprint density at radius 1 is 0.550 bits per heavy atom. The zero-order valence-electron chi connectivity index (χ0n) is 14.5. The molecule has 0 saturated carbocycles. The monoisotopic (exact) mass is 308 g/mol. The Morgan fingerprint density at radius 2 is 0.750 bits per heavy atom. The molecule has 0 fully saturated rings. The van der Waals surface area contributed by atoms with Gasteiger partial charge in [-0.2, -0.15) is 0 Å². The van der Waals surface area contributed by atoms with Gasteiger partial charge in [0, 0.05) is 0 Å². The van der Waals surface area contributed by atoms with E-state index in [1.807, 2.05) is 62.3 Å². The normalized spacial score (nSPS) is 20.2. The summed E-state index contributed by atoms with van der Waals surface area (Å²) in [6, 6.07) is 0. The Bertz CT molecular complexity index is 267. The molecule has 0 amide bonds. The first-order valence-electron chi connectivity index (χ1n) is 7.63. The van der Waals surface area contributed by atoms with Crippen LogP contribution < -0.4 is 0 Å². The quantitative estimate of drug-likeness (QED) is 0.544. The van der Waals surface area contributed by atoms with Crippen molar-refractivity contribution in [1.29, 1.82) is 0 Å². The van der Waals surface area contributed by atoms with Crippen molar-refractivity contribution in [2.24, 2.45) is 17.8 Å². The van der Waals surface area contributed by atoms with E-state index in [-0.39, 0.29) is 36.1 Å². The SMILES string of the molecule is CC(C)C(C)OP(=O)(OC(C)C(C)C)OC(C)C(C)C. The lowest BCUT2D eigenvalue weighted by atomic mass is 10.1. The summed E-state index contributed by atoms with van der Waals surface area (Å²) in [7, 11) is -3.55. The van der Waals surface area contributed by atoms with Gasteiger partial charge < -0.3 is 0 Å². The zero-order valence-corrected chi connectivity index (χ0v) is 15.4. The van der Waals surface area contributed by atoms with E-state index in [0.29, 0.717) is 0 Å². The standard InChI is InChI=1S/C15H33O4P/c1-10(2)13(7)17-20(16,18-14(8)11(3)4)19-15(9)12(5)6/h10-15H,1-9H3. The fourth-order valence-corrected chi connectivity index (χ4v) is 3.15. The molecule has 0 aromatic carbocycles. The molecule has 20 heavy (non-hydrogen) atoms. The van der Waals surface area contributed by atoms with Crippen molar-refractivity contribution in [2.75, 3.05) is 0 Å². The molecule has 0 bridgehead atoms. The van der Waals surface area contributed by atoms with Gasteiger partial charge in [-0.05, 0) is 38.5 Å². The highest BCUT2D eigenvalue weighted by Crippen LogP contribution is 2.54. The lowest BCUT2D eigenvalue weighted by Crippen LogP contribution is -2.23. The fraction of sp³-hybridized carbons (Fsp3) is 1.00. The molecule has 0 aliphatic rings. The molecule has 3 unspecified atom stereocenters. The van der Waals surface area contributed by atoms with Crippen LogP contribution in [0.15, 0.2) is 0 Å². The van der Waals surface area contributed by atoms with Gasteiger partial charge in [0.1, 0.15) is 0 Å².